The molecule has 0 fully saturated rings. The molecule has 23 heavy (non-hydrogen) atoms. The van der Waals surface area contributed by atoms with Gasteiger partial charge in [-0.15, -0.1) is 0 Å². The first kappa shape index (κ1) is 16.1. The molecule has 0 radical (unpaired) electrons. The Hall–Kier alpha value is -1.76. The van der Waals surface area contributed by atoms with Gasteiger partial charge in [-0.05, 0) is 65.8 Å². The molecule has 0 aromatic heterocycles. The molecule has 0 aliphatic heterocycles. The van der Waals surface area contributed by atoms with Crippen molar-refractivity contribution in [3.63, 3.8) is 0 Å². The van der Waals surface area contributed by atoms with Gasteiger partial charge in [-0.1, -0.05) is 56.7 Å². The van der Waals surface area contributed by atoms with E-state index in [9.17, 15) is 0 Å². The first-order valence-electron chi connectivity index (χ1n) is 8.66. The highest BCUT2D eigenvalue weighted by Crippen LogP contribution is 2.34. The highest BCUT2D eigenvalue weighted by atomic mass is 16.5. The zero-order valence-corrected chi connectivity index (χ0v) is 15.1. The maximum Gasteiger partial charge on any atom is 0.125 e. The van der Waals surface area contributed by atoms with Crippen LogP contribution in [-0.4, -0.2) is 7.11 Å². The van der Waals surface area contributed by atoms with Gasteiger partial charge in [-0.3, -0.25) is 0 Å². The van der Waals surface area contributed by atoms with Crippen molar-refractivity contribution in [2.24, 2.45) is 0 Å². The van der Waals surface area contributed by atoms with E-state index in [-0.39, 0.29) is 5.41 Å². The van der Waals surface area contributed by atoms with Crippen LogP contribution in [0.3, 0.4) is 0 Å². The van der Waals surface area contributed by atoms with Crippen molar-refractivity contribution in [3.8, 4) is 5.75 Å². The van der Waals surface area contributed by atoms with Crippen LogP contribution in [0.5, 0.6) is 5.75 Å². The minimum absolute atomic E-state index is 0.171. The summed E-state index contributed by atoms with van der Waals surface area (Å²) in [6, 6.07) is 11.8. The van der Waals surface area contributed by atoms with Gasteiger partial charge >= 0.3 is 0 Å². The molecule has 0 N–H and O–H groups in total. The number of rotatable bonds is 1. The Morgan fingerprint density at radius 2 is 1.30 bits per heavy atom. The maximum absolute atomic E-state index is 5.81. The topological polar surface area (TPSA) is 9.23 Å². The molecule has 2 aromatic carbocycles. The van der Waals surface area contributed by atoms with Crippen molar-refractivity contribution in [3.05, 3.63) is 63.7 Å². The van der Waals surface area contributed by atoms with Crippen LogP contribution in [0.2, 0.25) is 0 Å². The van der Waals surface area contributed by atoms with Crippen LogP contribution < -0.4 is 4.74 Å². The van der Waals surface area contributed by atoms with Crippen LogP contribution in [0.1, 0.15) is 54.2 Å². The Kier molecular flexibility index (Phi) is 4.23. The molecule has 1 aliphatic carbocycles. The number of methoxy groups -OCH3 is 1. The van der Waals surface area contributed by atoms with Gasteiger partial charge in [0.1, 0.15) is 5.75 Å². The van der Waals surface area contributed by atoms with Gasteiger partial charge in [0.15, 0.2) is 0 Å². The van der Waals surface area contributed by atoms with E-state index in [0.717, 1.165) is 31.4 Å². The molecule has 0 saturated carbocycles. The summed E-state index contributed by atoms with van der Waals surface area (Å²) in [6.45, 7) is 9.08. The lowest BCUT2D eigenvalue weighted by atomic mass is 9.82. The van der Waals surface area contributed by atoms with Crippen molar-refractivity contribution >= 4 is 0 Å². The molecule has 122 valence electrons. The molecule has 0 saturated heterocycles. The van der Waals surface area contributed by atoms with Gasteiger partial charge < -0.3 is 4.74 Å². The molecule has 0 amide bonds. The van der Waals surface area contributed by atoms with Gasteiger partial charge in [-0.2, -0.15) is 0 Å². The van der Waals surface area contributed by atoms with Gasteiger partial charge in [0, 0.05) is 0 Å². The lowest BCUT2D eigenvalue weighted by molar-refractivity contribution is 0.403. The number of hydrogen-bond donors (Lipinski definition) is 0. The lowest BCUT2D eigenvalue weighted by Gasteiger charge is -2.24. The Bertz CT molecular complexity index is 672. The molecular formula is C22H28O. The molecule has 2 aromatic rings. The van der Waals surface area contributed by atoms with Gasteiger partial charge in [0.05, 0.1) is 7.11 Å². The van der Waals surface area contributed by atoms with Gasteiger partial charge in [-0.25, -0.2) is 0 Å². The molecule has 0 atom stereocenters. The van der Waals surface area contributed by atoms with E-state index < -0.39 is 0 Å². The summed E-state index contributed by atoms with van der Waals surface area (Å²) < 4.78 is 5.81. The lowest BCUT2D eigenvalue weighted by Crippen LogP contribution is -2.14. The first-order chi connectivity index (χ1) is 10.9. The standard InChI is InChI=1S/C22H28O/c1-15-10-16-6-8-18-13-20(22(2,3)4)14-19(21(18)23-5)9-7-17(11-15)12-16/h10-14H,6-9H2,1-5H3. The molecule has 1 heteroatoms. The quantitative estimate of drug-likeness (QED) is 0.705. The normalized spacial score (nSPS) is 14.5. The third-order valence-corrected chi connectivity index (χ3v) is 4.88. The maximum atomic E-state index is 5.81. The summed E-state index contributed by atoms with van der Waals surface area (Å²) in [5, 5.41) is 0. The van der Waals surface area contributed by atoms with Gasteiger partial charge in [0.2, 0.25) is 0 Å². The van der Waals surface area contributed by atoms with Crippen molar-refractivity contribution < 1.29 is 4.74 Å². The fourth-order valence-electron chi connectivity index (χ4n) is 3.62. The first-order valence-corrected chi connectivity index (χ1v) is 8.66. The van der Waals surface area contributed by atoms with Crippen LogP contribution >= 0.6 is 0 Å². The van der Waals surface area contributed by atoms with E-state index >= 15 is 0 Å². The second kappa shape index (κ2) is 6.03. The van der Waals surface area contributed by atoms with Crippen molar-refractivity contribution in [2.45, 2.75) is 58.8 Å². The minimum atomic E-state index is 0.171. The second-order valence-electron chi connectivity index (χ2n) is 7.90. The Labute approximate surface area is 140 Å². The summed E-state index contributed by atoms with van der Waals surface area (Å²) in [5.74, 6) is 1.11. The Morgan fingerprint density at radius 3 is 1.74 bits per heavy atom. The summed E-state index contributed by atoms with van der Waals surface area (Å²) in [6.07, 6.45) is 4.25. The average molecular weight is 308 g/mol. The van der Waals surface area contributed by atoms with E-state index in [2.05, 4.69) is 58.0 Å². The predicted molar refractivity (Wildman–Crippen MR) is 97.7 cm³/mol. The summed E-state index contributed by atoms with van der Waals surface area (Å²) in [7, 11) is 1.81. The Balaban J connectivity index is 2.10. The summed E-state index contributed by atoms with van der Waals surface area (Å²) >= 11 is 0. The molecule has 0 unspecified atom stereocenters. The van der Waals surface area contributed by atoms with Crippen LogP contribution in [0.4, 0.5) is 0 Å². The smallest absolute Gasteiger partial charge is 0.125 e. The third kappa shape index (κ3) is 3.44. The molecule has 0 heterocycles. The zero-order valence-electron chi connectivity index (χ0n) is 15.1. The third-order valence-electron chi connectivity index (χ3n) is 4.88. The van der Waals surface area contributed by atoms with E-state index in [1.165, 1.54) is 33.4 Å². The summed E-state index contributed by atoms with van der Waals surface area (Å²) in [5.41, 5.74) is 8.59. The number of ether oxygens (including phenoxy) is 1. The minimum Gasteiger partial charge on any atom is -0.496 e. The molecular weight excluding hydrogens is 280 g/mol. The van der Waals surface area contributed by atoms with E-state index in [1.54, 1.807) is 0 Å². The number of benzene rings is 2. The monoisotopic (exact) mass is 308 g/mol. The molecule has 4 bridgehead atoms. The van der Waals surface area contributed by atoms with E-state index in [4.69, 9.17) is 4.74 Å². The van der Waals surface area contributed by atoms with Crippen molar-refractivity contribution in [2.75, 3.05) is 7.11 Å². The fourth-order valence-corrected chi connectivity index (χ4v) is 3.62. The van der Waals surface area contributed by atoms with E-state index in [1.807, 2.05) is 7.11 Å². The highest BCUT2D eigenvalue weighted by Gasteiger charge is 2.20. The SMILES string of the molecule is COc1c2cc(C(C)(C)C)cc1CCc1cc(C)cc(c1)CC2. The molecule has 1 aliphatic rings. The Morgan fingerprint density at radius 1 is 0.783 bits per heavy atom. The van der Waals surface area contributed by atoms with Crippen LogP contribution in [0.25, 0.3) is 0 Å². The molecule has 3 rings (SSSR count). The number of hydrogen-bond acceptors (Lipinski definition) is 1. The van der Waals surface area contributed by atoms with Gasteiger partial charge in [0.25, 0.3) is 0 Å². The number of fused-ring (bicyclic) bond motifs is 4. The zero-order chi connectivity index (χ0) is 16.6. The fraction of sp³-hybridized carbons (Fsp3) is 0.455. The number of aryl methyl sites for hydroxylation is 5. The summed E-state index contributed by atoms with van der Waals surface area (Å²) in [4.78, 5) is 0. The van der Waals surface area contributed by atoms with Crippen molar-refractivity contribution in [1.29, 1.82) is 0 Å². The average Bonchev–Trinajstić information content (AvgIpc) is 2.48. The highest BCUT2D eigenvalue weighted by molar-refractivity contribution is 5.48. The van der Waals surface area contributed by atoms with Crippen molar-refractivity contribution in [1.82, 2.24) is 0 Å². The molecule has 0 spiro atoms. The predicted octanol–water partition coefficient (Wildman–Crippen LogP) is 5.18. The largest absolute Gasteiger partial charge is 0.496 e. The van der Waals surface area contributed by atoms with Crippen LogP contribution in [0.15, 0.2) is 30.3 Å². The van der Waals surface area contributed by atoms with Crippen LogP contribution in [-0.2, 0) is 31.1 Å². The second-order valence-corrected chi connectivity index (χ2v) is 7.90. The molecule has 1 nitrogen and oxygen atoms in total. The van der Waals surface area contributed by atoms with E-state index in [0.29, 0.717) is 0 Å². The van der Waals surface area contributed by atoms with Crippen LogP contribution in [0, 0.1) is 6.92 Å².